The van der Waals surface area contributed by atoms with E-state index in [9.17, 15) is 14.4 Å². The van der Waals surface area contributed by atoms with Gasteiger partial charge in [-0.3, -0.25) is 9.59 Å². The van der Waals surface area contributed by atoms with Gasteiger partial charge in [-0.15, -0.1) is 0 Å². The maximum absolute atomic E-state index is 14.4. The topological polar surface area (TPSA) is 79.0 Å². The molecule has 7 nitrogen and oxygen atoms in total. The van der Waals surface area contributed by atoms with Crippen LogP contribution in [-0.4, -0.2) is 56.6 Å². The van der Waals surface area contributed by atoms with Crippen molar-refractivity contribution >= 4 is 17.8 Å². The summed E-state index contributed by atoms with van der Waals surface area (Å²) in [6.45, 7) is 12.3. The molecule has 3 rings (SSSR count). The largest absolute Gasteiger partial charge is 0.339 e. The smallest absolute Gasteiger partial charge is 0.326 e. The van der Waals surface area contributed by atoms with Gasteiger partial charge >= 0.3 is 6.03 Å². The van der Waals surface area contributed by atoms with Crippen molar-refractivity contribution in [3.8, 4) is 0 Å². The maximum Gasteiger partial charge on any atom is 0.326 e. The molecule has 36 heavy (non-hydrogen) atoms. The quantitative estimate of drug-likeness (QED) is 0.457. The van der Waals surface area contributed by atoms with Gasteiger partial charge in [0, 0.05) is 37.4 Å². The van der Waals surface area contributed by atoms with E-state index >= 15 is 0 Å². The van der Waals surface area contributed by atoms with Crippen LogP contribution in [-0.2, 0) is 14.3 Å². The van der Waals surface area contributed by atoms with E-state index in [1.54, 1.807) is 6.92 Å². The van der Waals surface area contributed by atoms with Gasteiger partial charge in [0.1, 0.15) is 0 Å². The van der Waals surface area contributed by atoms with Crippen molar-refractivity contribution in [3.05, 3.63) is 0 Å². The molecule has 0 radical (unpaired) electrons. The predicted octanol–water partition coefficient (Wildman–Crippen LogP) is 6.29. The van der Waals surface area contributed by atoms with Crippen LogP contribution in [0.2, 0.25) is 0 Å². The molecule has 0 aromatic heterocycles. The minimum atomic E-state index is -1.11. The van der Waals surface area contributed by atoms with Crippen molar-refractivity contribution in [1.29, 1.82) is 0 Å². The van der Waals surface area contributed by atoms with Gasteiger partial charge in [0.2, 0.25) is 5.91 Å². The Morgan fingerprint density at radius 1 is 0.861 bits per heavy atom. The molecule has 0 aromatic rings. The maximum atomic E-state index is 14.4. The van der Waals surface area contributed by atoms with E-state index in [4.69, 9.17) is 4.74 Å². The highest BCUT2D eigenvalue weighted by atomic mass is 16.6. The number of nitrogens with zero attached hydrogens (tertiary/aromatic N) is 2. The van der Waals surface area contributed by atoms with Crippen LogP contribution >= 0.6 is 0 Å². The van der Waals surface area contributed by atoms with Crippen LogP contribution in [0, 0.1) is 0 Å². The van der Waals surface area contributed by atoms with Crippen molar-refractivity contribution in [3.63, 3.8) is 0 Å². The molecule has 1 saturated carbocycles. The molecule has 1 N–H and O–H groups in total. The van der Waals surface area contributed by atoms with Crippen molar-refractivity contribution in [2.24, 2.45) is 0 Å². The second-order valence-electron chi connectivity index (χ2n) is 12.8. The van der Waals surface area contributed by atoms with E-state index in [0.717, 1.165) is 38.5 Å². The number of piperidine rings is 1. The lowest BCUT2D eigenvalue weighted by Gasteiger charge is -2.57. The number of nitrogens with one attached hydrogen (secondary N) is 1. The average Bonchev–Trinajstić information content (AvgIpc) is 2.95. The number of unbranched alkanes of at least 4 members (excludes halogenated alkanes) is 1. The zero-order chi connectivity index (χ0) is 26.6. The lowest BCUT2D eigenvalue weighted by molar-refractivity contribution is -0.199. The Morgan fingerprint density at radius 3 is 1.78 bits per heavy atom. The summed E-state index contributed by atoms with van der Waals surface area (Å²) >= 11 is 0. The minimum Gasteiger partial charge on any atom is -0.339 e. The summed E-state index contributed by atoms with van der Waals surface area (Å²) in [5.74, 6) is -0.215. The number of carbonyl (C=O) groups excluding carboxylic acids is 3. The Bertz CT molecular complexity index is 776. The molecular weight excluding hydrogens is 454 g/mol. The van der Waals surface area contributed by atoms with E-state index in [0.29, 0.717) is 32.2 Å². The van der Waals surface area contributed by atoms with E-state index in [-0.39, 0.29) is 17.8 Å². The van der Waals surface area contributed by atoms with Crippen LogP contribution in [0.4, 0.5) is 4.79 Å². The van der Waals surface area contributed by atoms with Gasteiger partial charge in [0.15, 0.2) is 11.3 Å². The Hall–Kier alpha value is -1.63. The zero-order valence-corrected chi connectivity index (χ0v) is 23.8. The van der Waals surface area contributed by atoms with Crippen LogP contribution in [0.25, 0.3) is 0 Å². The number of ether oxygens (including phenoxy) is 1. The highest BCUT2D eigenvalue weighted by molar-refractivity contribution is 6.01. The molecule has 2 spiro atoms. The first-order valence-electron chi connectivity index (χ1n) is 14.5. The molecule has 0 unspecified atom stereocenters. The fraction of sp³-hybridized carbons (Fsp3) is 0.897. The highest BCUT2D eigenvalue weighted by Crippen LogP contribution is 2.53. The molecule has 2 saturated heterocycles. The normalized spacial score (nSPS) is 25.9. The third-order valence-corrected chi connectivity index (χ3v) is 8.49. The average molecular weight is 506 g/mol. The number of hydrogen-bond donors (Lipinski definition) is 1. The first-order valence-corrected chi connectivity index (χ1v) is 14.5. The van der Waals surface area contributed by atoms with Gasteiger partial charge in [-0.2, -0.15) is 0 Å². The van der Waals surface area contributed by atoms with Gasteiger partial charge < -0.3 is 15.0 Å². The standard InChI is InChI=1S/C29H51N3O4/c1-7-8-20-30-25(35)31-24(34)28(21-26(3,4)32(23(2)33)27(5,6)22-28)36-29(31)18-16-14-12-10-9-11-13-15-17-19-29/h7-22H2,1-6H3,(H,30,35). The van der Waals surface area contributed by atoms with Crippen molar-refractivity contribution in [1.82, 2.24) is 15.1 Å². The molecule has 0 aromatic carbocycles. The van der Waals surface area contributed by atoms with Gasteiger partial charge in [0.25, 0.3) is 5.91 Å². The summed E-state index contributed by atoms with van der Waals surface area (Å²) in [6.07, 6.45) is 14.2. The molecule has 7 heteroatoms. The summed E-state index contributed by atoms with van der Waals surface area (Å²) in [6, 6.07) is -0.318. The summed E-state index contributed by atoms with van der Waals surface area (Å²) < 4.78 is 7.05. The lowest BCUT2D eigenvalue weighted by Crippen LogP contribution is -2.68. The zero-order valence-electron chi connectivity index (χ0n) is 23.8. The number of likely N-dealkylation sites (tertiary alicyclic amines) is 1. The van der Waals surface area contributed by atoms with E-state index in [1.807, 2.05) is 32.6 Å². The number of imide groups is 1. The molecule has 3 fully saturated rings. The molecule has 2 heterocycles. The van der Waals surface area contributed by atoms with Gasteiger partial charge in [-0.25, -0.2) is 9.69 Å². The third-order valence-electron chi connectivity index (χ3n) is 8.49. The summed E-state index contributed by atoms with van der Waals surface area (Å²) in [7, 11) is 0. The Labute approximate surface area is 219 Å². The van der Waals surface area contributed by atoms with E-state index in [2.05, 4.69) is 12.2 Å². The van der Waals surface area contributed by atoms with Crippen molar-refractivity contribution < 1.29 is 19.1 Å². The Morgan fingerprint density at radius 2 is 1.33 bits per heavy atom. The first kappa shape index (κ1) is 28.9. The predicted molar refractivity (Wildman–Crippen MR) is 142 cm³/mol. The molecule has 4 amide bonds. The summed E-state index contributed by atoms with van der Waals surface area (Å²) in [4.78, 5) is 44.1. The number of amides is 4. The SMILES string of the molecule is CCCCNC(=O)N1C(=O)C2(CC(C)(C)N(C(C)=O)C(C)(C)C2)OC12CCCCCCCCCCC2. The molecular formula is C29H51N3O4. The second-order valence-corrected chi connectivity index (χ2v) is 12.8. The fourth-order valence-electron chi connectivity index (χ4n) is 7.57. The van der Waals surface area contributed by atoms with Crippen molar-refractivity contribution in [2.45, 2.75) is 160 Å². The van der Waals surface area contributed by atoms with Gasteiger partial charge in [-0.05, 0) is 59.8 Å². The van der Waals surface area contributed by atoms with Crippen LogP contribution in [0.1, 0.15) is 138 Å². The highest BCUT2D eigenvalue weighted by Gasteiger charge is 2.67. The van der Waals surface area contributed by atoms with E-state index in [1.165, 1.54) is 37.0 Å². The Balaban J connectivity index is 2.01. The summed E-state index contributed by atoms with van der Waals surface area (Å²) in [5.41, 5.74) is -3.19. The van der Waals surface area contributed by atoms with Crippen LogP contribution in [0.15, 0.2) is 0 Å². The monoisotopic (exact) mass is 505 g/mol. The number of rotatable bonds is 3. The lowest BCUT2D eigenvalue weighted by atomic mass is 9.70. The number of hydrogen-bond acceptors (Lipinski definition) is 4. The van der Waals surface area contributed by atoms with Crippen LogP contribution in [0.5, 0.6) is 0 Å². The minimum absolute atomic E-state index is 0.000167. The Kier molecular flexibility index (Phi) is 9.17. The summed E-state index contributed by atoms with van der Waals surface area (Å²) in [5, 5.41) is 3.03. The second kappa shape index (κ2) is 11.4. The molecule has 0 bridgehead atoms. The fourth-order valence-corrected chi connectivity index (χ4v) is 7.57. The van der Waals surface area contributed by atoms with Gasteiger partial charge in [0.05, 0.1) is 0 Å². The molecule has 1 aliphatic carbocycles. The third kappa shape index (κ3) is 5.92. The molecule has 0 atom stereocenters. The molecule has 206 valence electrons. The van der Waals surface area contributed by atoms with Crippen molar-refractivity contribution in [2.75, 3.05) is 6.54 Å². The number of carbonyl (C=O) groups is 3. The van der Waals surface area contributed by atoms with Gasteiger partial charge in [-0.1, -0.05) is 58.3 Å². The van der Waals surface area contributed by atoms with Crippen LogP contribution < -0.4 is 5.32 Å². The van der Waals surface area contributed by atoms with E-state index < -0.39 is 22.4 Å². The molecule has 2 aliphatic heterocycles. The first-order chi connectivity index (χ1) is 16.9. The molecule has 3 aliphatic rings. The van der Waals surface area contributed by atoms with Crippen LogP contribution in [0.3, 0.4) is 0 Å². The number of urea groups is 1.